The van der Waals surface area contributed by atoms with Crippen molar-refractivity contribution in [3.05, 3.63) is 76.6 Å². The highest BCUT2D eigenvalue weighted by Crippen LogP contribution is 2.30. The monoisotopic (exact) mass is 403 g/mol. The van der Waals surface area contributed by atoms with E-state index in [0.717, 1.165) is 22.6 Å². The van der Waals surface area contributed by atoms with Crippen LogP contribution in [0.15, 0.2) is 53.6 Å². The zero-order chi connectivity index (χ0) is 21.3. The third-order valence-electron chi connectivity index (χ3n) is 5.40. The van der Waals surface area contributed by atoms with Crippen LogP contribution in [0.3, 0.4) is 0 Å². The molecule has 1 aromatic heterocycles. The summed E-state index contributed by atoms with van der Waals surface area (Å²) in [5, 5.41) is 4.14. The summed E-state index contributed by atoms with van der Waals surface area (Å²) in [6.07, 6.45) is 0.926. The van der Waals surface area contributed by atoms with Gasteiger partial charge in [-0.15, -0.1) is 0 Å². The zero-order valence-corrected chi connectivity index (χ0v) is 17.6. The Labute approximate surface area is 176 Å². The van der Waals surface area contributed by atoms with E-state index in [9.17, 15) is 4.79 Å². The number of hydrazone groups is 1. The number of rotatable bonds is 4. The van der Waals surface area contributed by atoms with Crippen LogP contribution in [-0.4, -0.2) is 29.4 Å². The molecule has 1 N–H and O–H groups in total. The quantitative estimate of drug-likeness (QED) is 0.529. The van der Waals surface area contributed by atoms with Crippen LogP contribution in [-0.2, 0) is 4.79 Å². The summed E-state index contributed by atoms with van der Waals surface area (Å²) in [6.45, 7) is 8.47. The first-order chi connectivity index (χ1) is 14.4. The lowest BCUT2D eigenvalue weighted by Crippen LogP contribution is -2.42. The van der Waals surface area contributed by atoms with Gasteiger partial charge in [0.05, 0.1) is 6.21 Å². The highest BCUT2D eigenvalue weighted by molar-refractivity contribution is 5.86. The molecule has 2 aromatic carbocycles. The molecule has 0 unspecified atom stereocenters. The van der Waals surface area contributed by atoms with Crippen molar-refractivity contribution >= 4 is 12.1 Å². The smallest absolute Gasteiger partial charge is 0.284 e. The maximum Gasteiger partial charge on any atom is 0.284 e. The van der Waals surface area contributed by atoms with Crippen LogP contribution >= 0.6 is 0 Å². The molecule has 0 radical (unpaired) electrons. The second kappa shape index (κ2) is 8.06. The highest BCUT2D eigenvalue weighted by atomic mass is 16.6. The van der Waals surface area contributed by atoms with Crippen LogP contribution in [0.4, 0.5) is 0 Å². The standard InChI is InChI=1S/C24H25N3O3/c1-15-9-10-20(11-16(15)2)27-17(3)12-19(18(27)4)13-25-26-24(28)23-14-29-21-7-5-6-8-22(21)30-23/h5-13,23H,14H2,1-4H3,(H,26,28)/b25-13-/t23-/m0/s1. The van der Waals surface area contributed by atoms with Gasteiger partial charge in [0, 0.05) is 22.6 Å². The summed E-state index contributed by atoms with van der Waals surface area (Å²) in [6, 6.07) is 15.8. The van der Waals surface area contributed by atoms with E-state index in [2.05, 4.69) is 60.1 Å². The minimum Gasteiger partial charge on any atom is -0.485 e. The van der Waals surface area contributed by atoms with Gasteiger partial charge in [0.2, 0.25) is 6.10 Å². The minimum atomic E-state index is -0.736. The van der Waals surface area contributed by atoms with Crippen molar-refractivity contribution in [1.29, 1.82) is 0 Å². The van der Waals surface area contributed by atoms with Gasteiger partial charge in [0.25, 0.3) is 5.91 Å². The fourth-order valence-electron chi connectivity index (χ4n) is 3.57. The van der Waals surface area contributed by atoms with Crippen molar-refractivity contribution in [3.8, 4) is 17.2 Å². The molecular formula is C24H25N3O3. The maximum absolute atomic E-state index is 12.4. The molecule has 0 saturated carbocycles. The van der Waals surface area contributed by atoms with Crippen LogP contribution < -0.4 is 14.9 Å². The van der Waals surface area contributed by atoms with Gasteiger partial charge in [-0.05, 0) is 69.2 Å². The Balaban J connectivity index is 1.46. The summed E-state index contributed by atoms with van der Waals surface area (Å²) in [5.41, 5.74) is 9.29. The van der Waals surface area contributed by atoms with Crippen LogP contribution in [0.25, 0.3) is 5.69 Å². The third-order valence-corrected chi connectivity index (χ3v) is 5.40. The fraction of sp³-hybridized carbons (Fsp3) is 0.250. The van der Waals surface area contributed by atoms with Gasteiger partial charge in [-0.2, -0.15) is 5.10 Å². The predicted octanol–water partition coefficient (Wildman–Crippen LogP) is 4.00. The highest BCUT2D eigenvalue weighted by Gasteiger charge is 2.27. The molecule has 6 heteroatoms. The number of aryl methyl sites for hydroxylation is 3. The van der Waals surface area contributed by atoms with Crippen LogP contribution in [0.2, 0.25) is 0 Å². The van der Waals surface area contributed by atoms with Gasteiger partial charge in [-0.3, -0.25) is 4.79 Å². The van der Waals surface area contributed by atoms with Gasteiger partial charge in [-0.1, -0.05) is 18.2 Å². The molecule has 0 bridgehead atoms. The van der Waals surface area contributed by atoms with E-state index >= 15 is 0 Å². The zero-order valence-electron chi connectivity index (χ0n) is 17.6. The molecule has 4 rings (SSSR count). The Hall–Kier alpha value is -3.54. The van der Waals surface area contributed by atoms with Crippen LogP contribution in [0.1, 0.15) is 28.1 Å². The molecule has 1 aliphatic rings. The van der Waals surface area contributed by atoms with Crippen LogP contribution in [0, 0.1) is 27.7 Å². The minimum absolute atomic E-state index is 0.152. The van der Waals surface area contributed by atoms with E-state index < -0.39 is 6.10 Å². The Bertz CT molecular complexity index is 1130. The van der Waals surface area contributed by atoms with Crippen molar-refractivity contribution in [3.63, 3.8) is 0 Å². The Kier molecular flexibility index (Phi) is 5.31. The van der Waals surface area contributed by atoms with E-state index in [0.29, 0.717) is 11.5 Å². The van der Waals surface area contributed by atoms with Crippen molar-refractivity contribution in [2.24, 2.45) is 5.10 Å². The maximum atomic E-state index is 12.4. The lowest BCUT2D eigenvalue weighted by Gasteiger charge is -2.24. The normalized spacial score (nSPS) is 15.4. The Morgan fingerprint density at radius 1 is 1.07 bits per heavy atom. The number of nitrogens with zero attached hydrogens (tertiary/aromatic N) is 2. The van der Waals surface area contributed by atoms with Crippen molar-refractivity contribution in [2.75, 3.05) is 6.61 Å². The number of amides is 1. The molecule has 0 spiro atoms. The molecule has 1 atom stereocenters. The average Bonchev–Trinajstić information content (AvgIpc) is 3.03. The van der Waals surface area contributed by atoms with E-state index in [1.165, 1.54) is 11.1 Å². The first-order valence-electron chi connectivity index (χ1n) is 9.92. The van der Waals surface area contributed by atoms with E-state index in [-0.39, 0.29) is 12.5 Å². The predicted molar refractivity (Wildman–Crippen MR) is 117 cm³/mol. The fourth-order valence-corrected chi connectivity index (χ4v) is 3.57. The van der Waals surface area contributed by atoms with E-state index in [4.69, 9.17) is 9.47 Å². The number of hydrogen-bond donors (Lipinski definition) is 1. The summed E-state index contributed by atoms with van der Waals surface area (Å²) in [7, 11) is 0. The van der Waals surface area contributed by atoms with Gasteiger partial charge < -0.3 is 14.0 Å². The number of aromatic nitrogens is 1. The van der Waals surface area contributed by atoms with E-state index in [1.54, 1.807) is 12.3 Å². The van der Waals surface area contributed by atoms with Crippen molar-refractivity contribution in [2.45, 2.75) is 33.8 Å². The Morgan fingerprint density at radius 2 is 1.83 bits per heavy atom. The van der Waals surface area contributed by atoms with Gasteiger partial charge in [-0.25, -0.2) is 5.43 Å². The summed E-state index contributed by atoms with van der Waals surface area (Å²) >= 11 is 0. The topological polar surface area (TPSA) is 64.9 Å². The summed E-state index contributed by atoms with van der Waals surface area (Å²) in [4.78, 5) is 12.4. The molecule has 1 aliphatic heterocycles. The molecule has 154 valence electrons. The number of carbonyl (C=O) groups is 1. The Morgan fingerprint density at radius 3 is 2.60 bits per heavy atom. The molecule has 1 amide bonds. The number of hydrogen-bond acceptors (Lipinski definition) is 4. The van der Waals surface area contributed by atoms with Gasteiger partial charge in [0.15, 0.2) is 11.5 Å². The number of ether oxygens (including phenoxy) is 2. The van der Waals surface area contributed by atoms with Crippen LogP contribution in [0.5, 0.6) is 11.5 Å². The number of benzene rings is 2. The number of nitrogens with one attached hydrogen (secondary N) is 1. The first kappa shape index (κ1) is 19.8. The number of para-hydroxylation sites is 2. The largest absolute Gasteiger partial charge is 0.485 e. The molecule has 2 heterocycles. The van der Waals surface area contributed by atoms with Gasteiger partial charge >= 0.3 is 0 Å². The lowest BCUT2D eigenvalue weighted by atomic mass is 10.1. The van der Waals surface area contributed by atoms with E-state index in [1.807, 2.05) is 25.1 Å². The number of carbonyl (C=O) groups excluding carboxylic acids is 1. The lowest BCUT2D eigenvalue weighted by molar-refractivity contribution is -0.130. The summed E-state index contributed by atoms with van der Waals surface area (Å²) < 4.78 is 13.5. The first-order valence-corrected chi connectivity index (χ1v) is 9.92. The molecule has 0 saturated heterocycles. The summed E-state index contributed by atoms with van der Waals surface area (Å²) in [5.74, 6) is 0.859. The number of fused-ring (bicyclic) bond motifs is 1. The molecular weight excluding hydrogens is 378 g/mol. The SMILES string of the molecule is Cc1ccc(-n2c(C)cc(/C=N\NC(=O)[C@@H]3COc4ccccc4O3)c2C)cc1C. The van der Waals surface area contributed by atoms with Crippen molar-refractivity contribution < 1.29 is 14.3 Å². The van der Waals surface area contributed by atoms with Crippen molar-refractivity contribution in [1.82, 2.24) is 9.99 Å². The molecule has 6 nitrogen and oxygen atoms in total. The molecule has 0 aliphatic carbocycles. The second-order valence-corrected chi connectivity index (χ2v) is 7.53. The van der Waals surface area contributed by atoms with Gasteiger partial charge in [0.1, 0.15) is 6.61 Å². The molecule has 30 heavy (non-hydrogen) atoms. The molecule has 3 aromatic rings. The molecule has 0 fully saturated rings. The second-order valence-electron chi connectivity index (χ2n) is 7.53. The third kappa shape index (κ3) is 3.81. The average molecular weight is 403 g/mol.